The van der Waals surface area contributed by atoms with E-state index in [4.69, 9.17) is 4.74 Å². The molecule has 4 heteroatoms. The van der Waals surface area contributed by atoms with Gasteiger partial charge in [-0.2, -0.15) is 4.98 Å². The van der Waals surface area contributed by atoms with Gasteiger partial charge in [-0.15, -0.1) is 0 Å². The minimum atomic E-state index is 0.429. The van der Waals surface area contributed by atoms with Crippen molar-refractivity contribution in [1.29, 1.82) is 0 Å². The molecule has 0 saturated heterocycles. The molecule has 1 aliphatic heterocycles. The second-order valence-electron chi connectivity index (χ2n) is 2.41. The molecule has 58 valence electrons. The topological polar surface area (TPSA) is 47.0 Å². The van der Waals surface area contributed by atoms with Gasteiger partial charge in [0, 0.05) is 18.3 Å². The molecule has 2 heterocycles. The van der Waals surface area contributed by atoms with Crippen LogP contribution >= 0.6 is 0 Å². The summed E-state index contributed by atoms with van der Waals surface area (Å²) < 4.78 is 4.88. The van der Waals surface area contributed by atoms with Crippen LogP contribution < -0.4 is 10.1 Å². The Balaban J connectivity index is 2.41. The molecule has 1 aromatic heterocycles. The molecule has 2 rings (SSSR count). The molecule has 0 atom stereocenters. The Morgan fingerprint density at radius 1 is 1.64 bits per heavy atom. The first-order valence-corrected chi connectivity index (χ1v) is 3.54. The van der Waals surface area contributed by atoms with Crippen molar-refractivity contribution in [3.63, 3.8) is 0 Å². The fourth-order valence-electron chi connectivity index (χ4n) is 1.14. The third kappa shape index (κ3) is 1.00. The average Bonchev–Trinajstić information content (AvgIpc) is 2.50. The van der Waals surface area contributed by atoms with E-state index >= 15 is 0 Å². The van der Waals surface area contributed by atoms with Gasteiger partial charge in [0.25, 0.3) is 0 Å². The van der Waals surface area contributed by atoms with E-state index in [0.717, 1.165) is 18.8 Å². The zero-order chi connectivity index (χ0) is 7.68. The van der Waals surface area contributed by atoms with Crippen LogP contribution in [-0.4, -0.2) is 23.6 Å². The summed E-state index contributed by atoms with van der Waals surface area (Å²) in [4.78, 5) is 8.12. The predicted octanol–water partition coefficient (Wildman–Crippen LogP) is 0.453. The van der Waals surface area contributed by atoms with E-state index < -0.39 is 0 Å². The number of anilines is 1. The van der Waals surface area contributed by atoms with Crippen molar-refractivity contribution in [3.8, 4) is 6.01 Å². The summed E-state index contributed by atoms with van der Waals surface area (Å²) in [7, 11) is 1.57. The van der Waals surface area contributed by atoms with E-state index in [9.17, 15) is 0 Å². The van der Waals surface area contributed by atoms with Crippen LogP contribution in [0.4, 0.5) is 5.82 Å². The Labute approximate surface area is 64.6 Å². The minimum Gasteiger partial charge on any atom is -0.467 e. The molecule has 0 fully saturated rings. The highest BCUT2D eigenvalue weighted by Gasteiger charge is 2.12. The number of hydrogen-bond acceptors (Lipinski definition) is 4. The molecule has 0 spiro atoms. The summed E-state index contributed by atoms with van der Waals surface area (Å²) in [5, 5.41) is 3.14. The first-order valence-electron chi connectivity index (χ1n) is 3.54. The number of nitrogens with zero attached hydrogens (tertiary/aromatic N) is 2. The van der Waals surface area contributed by atoms with Gasteiger partial charge in [0.1, 0.15) is 5.82 Å². The first-order chi connectivity index (χ1) is 5.40. The maximum atomic E-state index is 4.88. The molecule has 11 heavy (non-hydrogen) atoms. The average molecular weight is 151 g/mol. The lowest BCUT2D eigenvalue weighted by molar-refractivity contribution is 0.380. The van der Waals surface area contributed by atoms with Gasteiger partial charge in [-0.25, -0.2) is 4.98 Å². The lowest BCUT2D eigenvalue weighted by Crippen LogP contribution is -1.96. The van der Waals surface area contributed by atoms with Gasteiger partial charge >= 0.3 is 6.01 Å². The molecule has 4 nitrogen and oxygen atoms in total. The molecule has 0 radical (unpaired) electrons. The largest absolute Gasteiger partial charge is 0.467 e. The third-order valence-corrected chi connectivity index (χ3v) is 1.71. The van der Waals surface area contributed by atoms with Crippen LogP contribution in [0.2, 0.25) is 0 Å². The molecule has 0 amide bonds. The fourth-order valence-corrected chi connectivity index (χ4v) is 1.14. The number of aromatic nitrogens is 2. The third-order valence-electron chi connectivity index (χ3n) is 1.71. The maximum absolute atomic E-state index is 4.88. The molecule has 0 aromatic carbocycles. The van der Waals surface area contributed by atoms with E-state index in [1.54, 1.807) is 13.3 Å². The van der Waals surface area contributed by atoms with Crippen molar-refractivity contribution in [1.82, 2.24) is 9.97 Å². The molecule has 1 N–H and O–H groups in total. The Kier molecular flexibility index (Phi) is 1.38. The smallest absolute Gasteiger partial charge is 0.318 e. The van der Waals surface area contributed by atoms with Crippen LogP contribution in [-0.2, 0) is 6.42 Å². The SMILES string of the molecule is COc1ncc2c(n1)NCC2. The van der Waals surface area contributed by atoms with Crippen molar-refractivity contribution in [2.75, 3.05) is 19.0 Å². The summed E-state index contributed by atoms with van der Waals surface area (Å²) in [5.74, 6) is 0.914. The van der Waals surface area contributed by atoms with Crippen molar-refractivity contribution in [3.05, 3.63) is 11.8 Å². The zero-order valence-electron chi connectivity index (χ0n) is 6.29. The number of ether oxygens (including phenoxy) is 1. The molecular formula is C7H9N3O. The monoisotopic (exact) mass is 151 g/mol. The summed E-state index contributed by atoms with van der Waals surface area (Å²) in [6, 6.07) is 0.429. The normalized spacial score (nSPS) is 13.9. The highest BCUT2D eigenvalue weighted by Crippen LogP contribution is 2.19. The van der Waals surface area contributed by atoms with Crippen molar-refractivity contribution >= 4 is 5.82 Å². The van der Waals surface area contributed by atoms with Gasteiger partial charge in [-0.1, -0.05) is 0 Å². The number of rotatable bonds is 1. The second kappa shape index (κ2) is 2.38. The Bertz CT molecular complexity index is 274. The van der Waals surface area contributed by atoms with Crippen molar-refractivity contribution < 1.29 is 4.74 Å². The molecule has 0 aliphatic carbocycles. The molecule has 0 saturated carbocycles. The van der Waals surface area contributed by atoms with Crippen LogP contribution in [0.25, 0.3) is 0 Å². The predicted molar refractivity (Wildman–Crippen MR) is 40.8 cm³/mol. The minimum absolute atomic E-state index is 0.429. The van der Waals surface area contributed by atoms with Crippen LogP contribution in [0.3, 0.4) is 0 Å². The van der Waals surface area contributed by atoms with Crippen LogP contribution in [0.1, 0.15) is 5.56 Å². The van der Waals surface area contributed by atoms with E-state index in [-0.39, 0.29) is 0 Å². The Hall–Kier alpha value is -1.32. The highest BCUT2D eigenvalue weighted by atomic mass is 16.5. The fraction of sp³-hybridized carbons (Fsp3) is 0.429. The van der Waals surface area contributed by atoms with Gasteiger partial charge in [0.05, 0.1) is 7.11 Å². The van der Waals surface area contributed by atoms with Gasteiger partial charge in [-0.3, -0.25) is 0 Å². The lowest BCUT2D eigenvalue weighted by Gasteiger charge is -1.99. The van der Waals surface area contributed by atoms with Crippen LogP contribution in [0, 0.1) is 0 Å². The number of methoxy groups -OCH3 is 1. The van der Waals surface area contributed by atoms with E-state index in [0.29, 0.717) is 6.01 Å². The van der Waals surface area contributed by atoms with Gasteiger partial charge < -0.3 is 10.1 Å². The number of hydrogen-bond donors (Lipinski definition) is 1. The quantitative estimate of drug-likeness (QED) is 0.633. The van der Waals surface area contributed by atoms with E-state index in [1.807, 2.05) is 0 Å². The standard InChI is InChI=1S/C7H9N3O/c1-11-7-9-4-5-2-3-8-6(5)10-7/h4H,2-3H2,1H3,(H,8,9,10). The summed E-state index contributed by atoms with van der Waals surface area (Å²) in [6.07, 6.45) is 2.82. The van der Waals surface area contributed by atoms with Gasteiger partial charge in [-0.05, 0) is 6.42 Å². The van der Waals surface area contributed by atoms with Crippen LogP contribution in [0.5, 0.6) is 6.01 Å². The summed E-state index contributed by atoms with van der Waals surface area (Å²) in [6.45, 7) is 0.956. The van der Waals surface area contributed by atoms with Gasteiger partial charge in [0.15, 0.2) is 0 Å². The Morgan fingerprint density at radius 2 is 2.55 bits per heavy atom. The number of fused-ring (bicyclic) bond motifs is 1. The molecule has 1 aromatic rings. The molecular weight excluding hydrogens is 142 g/mol. The molecule has 1 aliphatic rings. The van der Waals surface area contributed by atoms with Gasteiger partial charge in [0.2, 0.25) is 0 Å². The summed E-state index contributed by atoms with van der Waals surface area (Å²) >= 11 is 0. The van der Waals surface area contributed by atoms with Crippen LogP contribution in [0.15, 0.2) is 6.20 Å². The lowest BCUT2D eigenvalue weighted by atomic mass is 10.3. The van der Waals surface area contributed by atoms with E-state index in [1.165, 1.54) is 5.56 Å². The molecule has 0 unspecified atom stereocenters. The number of nitrogens with one attached hydrogen (secondary N) is 1. The molecule has 0 bridgehead atoms. The Morgan fingerprint density at radius 3 is 3.36 bits per heavy atom. The van der Waals surface area contributed by atoms with Crippen molar-refractivity contribution in [2.45, 2.75) is 6.42 Å². The maximum Gasteiger partial charge on any atom is 0.318 e. The van der Waals surface area contributed by atoms with E-state index in [2.05, 4.69) is 15.3 Å². The zero-order valence-corrected chi connectivity index (χ0v) is 6.29. The second-order valence-corrected chi connectivity index (χ2v) is 2.41. The summed E-state index contributed by atoms with van der Waals surface area (Å²) in [5.41, 5.74) is 1.17. The highest BCUT2D eigenvalue weighted by molar-refractivity contribution is 5.48. The van der Waals surface area contributed by atoms with Crippen molar-refractivity contribution in [2.24, 2.45) is 0 Å². The first kappa shape index (κ1) is 6.39.